The van der Waals surface area contributed by atoms with Crippen molar-refractivity contribution in [2.24, 2.45) is 5.92 Å². The summed E-state index contributed by atoms with van der Waals surface area (Å²) in [5.74, 6) is -0.475. The Hall–Kier alpha value is 0.439. The van der Waals surface area contributed by atoms with E-state index < -0.39 is 5.97 Å². The third kappa shape index (κ3) is 55.1. The summed E-state index contributed by atoms with van der Waals surface area (Å²) < 4.78 is 5.13. The molecule has 0 bridgehead atoms. The standard InChI is InChI=1S/C11H22O2S.2C8H17.C2H4O2S.Sn/c1-3-5-6-10(4-2)9-13-11(12)7-8-14;2*1-3-5-7-8-6-4-2;3-2(4)1-5;/h10,14H,3-9H2,1-2H3;2*1,3-8H2,2H3;5H,1H2,(H,3,4);/q;;;;+2/p-2. The number of carboxylic acid groups (broad SMARTS) is 1. The van der Waals surface area contributed by atoms with Gasteiger partial charge >= 0.3 is 29.9 Å². The molecule has 1 atom stereocenters. The van der Waals surface area contributed by atoms with E-state index in [4.69, 9.17) is 17.4 Å². The molecule has 0 saturated carbocycles. The van der Waals surface area contributed by atoms with Crippen LogP contribution < -0.4 is 5.11 Å². The fraction of sp³-hybridized carbons (Fsp3) is 0.862. The first-order valence-electron chi connectivity index (χ1n) is 14.0. The molecule has 4 nitrogen and oxygen atoms in total. The van der Waals surface area contributed by atoms with Crippen molar-refractivity contribution in [1.82, 2.24) is 0 Å². The molecule has 0 aliphatic heterocycles. The SMILES string of the molecule is CCCCC(CC)COC(=O)CC[S-].O=C([O-])CS.[CH2]CCCCCCC.[CH2]CCCCCCC.[Sn+2]. The molecule has 0 heterocycles. The van der Waals surface area contributed by atoms with Gasteiger partial charge in [-0.3, -0.25) is 4.79 Å². The van der Waals surface area contributed by atoms with E-state index in [-0.39, 0.29) is 35.6 Å². The molecular weight excluding hydrogens is 595 g/mol. The average molecular weight is 654 g/mol. The van der Waals surface area contributed by atoms with Crippen LogP contribution >= 0.6 is 12.6 Å². The molecule has 0 aromatic heterocycles. The summed E-state index contributed by atoms with van der Waals surface area (Å²) in [7, 11) is 0. The van der Waals surface area contributed by atoms with Crippen LogP contribution in [-0.2, 0) is 27.0 Å². The number of unbranched alkanes of at least 4 members (excludes halogenated alkanes) is 11. The van der Waals surface area contributed by atoms with Gasteiger partial charge in [-0.15, -0.1) is 0 Å². The fourth-order valence-electron chi connectivity index (χ4n) is 2.83. The largest absolute Gasteiger partial charge is 2.00 e. The summed E-state index contributed by atoms with van der Waals surface area (Å²) in [6.07, 6.45) is 21.0. The zero-order chi connectivity index (χ0) is 27.6. The van der Waals surface area contributed by atoms with E-state index in [9.17, 15) is 14.7 Å². The van der Waals surface area contributed by atoms with Gasteiger partial charge in [0.25, 0.3) is 0 Å². The summed E-state index contributed by atoms with van der Waals surface area (Å²) in [5.41, 5.74) is 0. The molecule has 7 heteroatoms. The number of rotatable bonds is 19. The Balaban J connectivity index is -0.000000126. The van der Waals surface area contributed by atoms with Gasteiger partial charge in [-0.05, 0) is 12.3 Å². The summed E-state index contributed by atoms with van der Waals surface area (Å²) >= 11 is 8.06. The number of carbonyl (C=O) groups excluding carboxylic acids is 2. The molecule has 0 rings (SSSR count). The van der Waals surface area contributed by atoms with E-state index in [0.29, 0.717) is 24.7 Å². The molecule has 0 aliphatic rings. The average Bonchev–Trinajstić information content (AvgIpc) is 2.86. The second-order valence-corrected chi connectivity index (χ2v) is 9.34. The molecule has 0 fully saturated rings. The minimum atomic E-state index is -1.13. The summed E-state index contributed by atoms with van der Waals surface area (Å²) in [6.45, 7) is 16.9. The van der Waals surface area contributed by atoms with Gasteiger partial charge in [-0.2, -0.15) is 18.4 Å². The van der Waals surface area contributed by atoms with Gasteiger partial charge in [0.2, 0.25) is 0 Å². The molecule has 0 aliphatic carbocycles. The van der Waals surface area contributed by atoms with Crippen LogP contribution in [-0.4, -0.2) is 54.0 Å². The first-order valence-corrected chi connectivity index (χ1v) is 15.2. The summed E-state index contributed by atoms with van der Waals surface area (Å²) in [5, 5.41) is 9.18. The number of hydrogen-bond donors (Lipinski definition) is 1. The maximum atomic E-state index is 11.0. The number of carboxylic acids is 1. The van der Waals surface area contributed by atoms with Gasteiger partial charge in [0.15, 0.2) is 0 Å². The van der Waals surface area contributed by atoms with E-state index in [0.717, 1.165) is 25.7 Å². The second kappa shape index (κ2) is 45.4. The van der Waals surface area contributed by atoms with Crippen molar-refractivity contribution >= 4 is 61.1 Å². The Kier molecular flexibility index (Phi) is 58.3. The number of thiol groups is 1. The van der Waals surface area contributed by atoms with Gasteiger partial charge < -0.3 is 27.3 Å². The maximum absolute atomic E-state index is 11.0. The van der Waals surface area contributed by atoms with E-state index in [2.05, 4.69) is 54.2 Å². The molecule has 0 amide bonds. The van der Waals surface area contributed by atoms with Gasteiger partial charge in [-0.1, -0.05) is 138 Å². The minimum absolute atomic E-state index is 0. The molecule has 36 heavy (non-hydrogen) atoms. The van der Waals surface area contributed by atoms with Crippen molar-refractivity contribution in [3.8, 4) is 0 Å². The predicted molar refractivity (Wildman–Crippen MR) is 163 cm³/mol. The van der Waals surface area contributed by atoms with E-state index >= 15 is 0 Å². The van der Waals surface area contributed by atoms with Crippen LogP contribution in [0.2, 0.25) is 0 Å². The summed E-state index contributed by atoms with van der Waals surface area (Å²) in [6, 6.07) is 0. The van der Waals surface area contributed by atoms with Crippen LogP contribution in [0.25, 0.3) is 0 Å². The Morgan fingerprint density at radius 2 is 1.25 bits per heavy atom. The van der Waals surface area contributed by atoms with Gasteiger partial charge in [0.1, 0.15) is 0 Å². The third-order valence-corrected chi connectivity index (χ3v) is 5.63. The zero-order valence-electron chi connectivity index (χ0n) is 24.1. The fourth-order valence-corrected chi connectivity index (χ4v) is 2.99. The number of esters is 1. The Morgan fingerprint density at radius 1 is 0.833 bits per heavy atom. The molecule has 0 saturated heterocycles. The van der Waals surface area contributed by atoms with Crippen molar-refractivity contribution in [1.29, 1.82) is 0 Å². The van der Waals surface area contributed by atoms with Crippen LogP contribution in [0, 0.1) is 19.8 Å². The maximum Gasteiger partial charge on any atom is 2.00 e. The van der Waals surface area contributed by atoms with Crippen LogP contribution in [0.15, 0.2) is 0 Å². The van der Waals surface area contributed by atoms with Crippen molar-refractivity contribution in [2.75, 3.05) is 18.1 Å². The first-order chi connectivity index (χ1) is 16.8. The van der Waals surface area contributed by atoms with Crippen LogP contribution in [0.3, 0.4) is 0 Å². The number of aliphatic carboxylic acids is 1. The van der Waals surface area contributed by atoms with Crippen molar-refractivity contribution < 1.29 is 19.4 Å². The van der Waals surface area contributed by atoms with Gasteiger partial charge in [0.05, 0.1) is 12.6 Å². The van der Waals surface area contributed by atoms with Gasteiger partial charge in [0, 0.05) is 12.2 Å². The molecule has 214 valence electrons. The number of carbonyl (C=O) groups is 2. The Morgan fingerprint density at radius 3 is 1.56 bits per heavy atom. The molecule has 1 unspecified atom stereocenters. The van der Waals surface area contributed by atoms with Crippen LogP contribution in [0.5, 0.6) is 0 Å². The van der Waals surface area contributed by atoms with E-state index in [1.54, 1.807) is 0 Å². The number of ether oxygens (including phenoxy) is 1. The smallest absolute Gasteiger partial charge is 0.792 e. The summed E-state index contributed by atoms with van der Waals surface area (Å²) in [4.78, 5) is 20.2. The first kappa shape index (κ1) is 46.3. The Labute approximate surface area is 254 Å². The Bertz CT molecular complexity index is 375. The molecule has 0 aromatic rings. The molecule has 0 aromatic carbocycles. The topological polar surface area (TPSA) is 66.4 Å². The molecule has 4 radical (unpaired) electrons. The molecule has 0 N–H and O–H groups in total. The second-order valence-electron chi connectivity index (χ2n) is 8.62. The zero-order valence-corrected chi connectivity index (χ0v) is 28.7. The van der Waals surface area contributed by atoms with Crippen molar-refractivity contribution in [3.05, 3.63) is 13.8 Å². The van der Waals surface area contributed by atoms with Crippen molar-refractivity contribution in [3.63, 3.8) is 0 Å². The minimum Gasteiger partial charge on any atom is -0.792 e. The molecule has 0 spiro atoms. The van der Waals surface area contributed by atoms with Crippen molar-refractivity contribution in [2.45, 2.75) is 137 Å². The normalized spacial score (nSPS) is 10.2. The monoisotopic (exact) mass is 654 g/mol. The van der Waals surface area contributed by atoms with Crippen LogP contribution in [0.4, 0.5) is 0 Å². The van der Waals surface area contributed by atoms with Crippen LogP contribution in [0.1, 0.15) is 137 Å². The van der Waals surface area contributed by atoms with Gasteiger partial charge in [-0.25, -0.2) is 0 Å². The quantitative estimate of drug-likeness (QED) is 0.0520. The predicted octanol–water partition coefficient (Wildman–Crippen LogP) is 7.33. The third-order valence-electron chi connectivity index (χ3n) is 5.17. The van der Waals surface area contributed by atoms with E-state index in [1.807, 2.05) is 0 Å². The molecular formula is C29H58O4S2Sn. The number of hydrogen-bond acceptors (Lipinski definition) is 6. The van der Waals surface area contributed by atoms with E-state index in [1.165, 1.54) is 77.0 Å².